The summed E-state index contributed by atoms with van der Waals surface area (Å²) in [5.74, 6) is -1.16. The summed E-state index contributed by atoms with van der Waals surface area (Å²) >= 11 is 0. The van der Waals surface area contributed by atoms with Gasteiger partial charge in [-0.3, -0.25) is 9.69 Å². The minimum atomic E-state index is -4.81. The van der Waals surface area contributed by atoms with Crippen molar-refractivity contribution in [2.45, 2.75) is 19.8 Å². The summed E-state index contributed by atoms with van der Waals surface area (Å²) < 4.78 is 41.8. The highest BCUT2D eigenvalue weighted by Gasteiger charge is 2.32. The number of hydrogen-bond donors (Lipinski definition) is 1. The predicted octanol–water partition coefficient (Wildman–Crippen LogP) is 1.82. The molecule has 1 aliphatic heterocycles. The Morgan fingerprint density at radius 3 is 2.35 bits per heavy atom. The van der Waals surface area contributed by atoms with Gasteiger partial charge in [0.1, 0.15) is 5.75 Å². The standard InChI is InChI=1S/C15H20F3N3O2/c1-2-20-5-7-21(8-6-20)10-12-4-3-11(14(19)22)9-13(12)23-15(16,17)18/h3-4,9H,2,5-8,10H2,1H3,(H2,19,22). The maximum absolute atomic E-state index is 12.6. The number of carbonyl (C=O) groups is 1. The Bertz CT molecular complexity index is 555. The highest BCUT2D eigenvalue weighted by atomic mass is 19.4. The Morgan fingerprint density at radius 1 is 1.22 bits per heavy atom. The van der Waals surface area contributed by atoms with Crippen LogP contribution in [0.15, 0.2) is 18.2 Å². The fourth-order valence-electron chi connectivity index (χ4n) is 2.56. The van der Waals surface area contributed by atoms with E-state index in [1.54, 1.807) is 0 Å². The van der Waals surface area contributed by atoms with Crippen molar-refractivity contribution >= 4 is 5.91 Å². The maximum atomic E-state index is 12.6. The van der Waals surface area contributed by atoms with E-state index in [4.69, 9.17) is 5.73 Å². The summed E-state index contributed by atoms with van der Waals surface area (Å²) in [5.41, 5.74) is 5.50. The molecule has 0 unspecified atom stereocenters. The van der Waals surface area contributed by atoms with Crippen LogP contribution in [0.3, 0.4) is 0 Å². The SMILES string of the molecule is CCN1CCN(Cc2ccc(C(N)=O)cc2OC(F)(F)F)CC1. The van der Waals surface area contributed by atoms with Crippen LogP contribution in [0.4, 0.5) is 13.2 Å². The van der Waals surface area contributed by atoms with Crippen LogP contribution in [-0.4, -0.2) is 54.8 Å². The van der Waals surface area contributed by atoms with Gasteiger partial charge in [0.2, 0.25) is 5.91 Å². The van der Waals surface area contributed by atoms with E-state index >= 15 is 0 Å². The van der Waals surface area contributed by atoms with Gasteiger partial charge in [-0.2, -0.15) is 0 Å². The van der Waals surface area contributed by atoms with E-state index in [9.17, 15) is 18.0 Å². The third-order valence-electron chi connectivity index (χ3n) is 3.88. The summed E-state index contributed by atoms with van der Waals surface area (Å²) in [7, 11) is 0. The lowest BCUT2D eigenvalue weighted by Gasteiger charge is -2.34. The van der Waals surface area contributed by atoms with Gasteiger partial charge < -0.3 is 15.4 Å². The lowest BCUT2D eigenvalue weighted by Crippen LogP contribution is -2.45. The van der Waals surface area contributed by atoms with E-state index in [1.807, 2.05) is 0 Å². The van der Waals surface area contributed by atoms with Gasteiger partial charge in [-0.1, -0.05) is 13.0 Å². The number of likely N-dealkylation sites (N-methyl/N-ethyl adjacent to an activating group) is 1. The molecule has 2 N–H and O–H groups in total. The minimum Gasteiger partial charge on any atom is -0.405 e. The monoisotopic (exact) mass is 331 g/mol. The van der Waals surface area contributed by atoms with Gasteiger partial charge >= 0.3 is 6.36 Å². The molecular formula is C15H20F3N3O2. The Balaban J connectivity index is 2.15. The predicted molar refractivity (Wildman–Crippen MR) is 79.0 cm³/mol. The maximum Gasteiger partial charge on any atom is 0.573 e. The summed E-state index contributed by atoms with van der Waals surface area (Å²) in [6.45, 7) is 6.68. The molecule has 1 aromatic carbocycles. The highest BCUT2D eigenvalue weighted by molar-refractivity contribution is 5.93. The second-order valence-corrected chi connectivity index (χ2v) is 5.44. The molecule has 0 atom stereocenters. The van der Waals surface area contributed by atoms with Crippen molar-refractivity contribution in [3.63, 3.8) is 0 Å². The summed E-state index contributed by atoms with van der Waals surface area (Å²) in [6, 6.07) is 3.93. The molecule has 0 aromatic heterocycles. The van der Waals surface area contributed by atoms with Crippen LogP contribution in [0.2, 0.25) is 0 Å². The Kier molecular flexibility index (Phi) is 5.48. The second kappa shape index (κ2) is 7.18. The average molecular weight is 331 g/mol. The first-order valence-corrected chi connectivity index (χ1v) is 7.41. The molecule has 23 heavy (non-hydrogen) atoms. The zero-order valence-corrected chi connectivity index (χ0v) is 12.9. The molecule has 0 spiro atoms. The molecule has 5 nitrogen and oxygen atoms in total. The molecule has 0 bridgehead atoms. The Hall–Kier alpha value is -1.80. The number of piperazine rings is 1. The first kappa shape index (κ1) is 17.6. The molecular weight excluding hydrogens is 311 g/mol. The van der Waals surface area contributed by atoms with Crippen LogP contribution in [-0.2, 0) is 6.54 Å². The lowest BCUT2D eigenvalue weighted by atomic mass is 10.1. The van der Waals surface area contributed by atoms with E-state index in [0.717, 1.165) is 38.8 Å². The number of alkyl halides is 3. The van der Waals surface area contributed by atoms with E-state index < -0.39 is 12.3 Å². The number of nitrogens with zero attached hydrogens (tertiary/aromatic N) is 2. The highest BCUT2D eigenvalue weighted by Crippen LogP contribution is 2.28. The van der Waals surface area contributed by atoms with E-state index in [-0.39, 0.29) is 11.3 Å². The number of nitrogens with two attached hydrogens (primary N) is 1. The number of primary amides is 1. The number of amides is 1. The Morgan fingerprint density at radius 2 is 1.83 bits per heavy atom. The van der Waals surface area contributed by atoms with Gasteiger partial charge in [-0.15, -0.1) is 13.2 Å². The second-order valence-electron chi connectivity index (χ2n) is 5.44. The van der Waals surface area contributed by atoms with Crippen LogP contribution < -0.4 is 10.5 Å². The van der Waals surface area contributed by atoms with Crippen LogP contribution in [0.1, 0.15) is 22.8 Å². The van der Waals surface area contributed by atoms with Gasteiger partial charge in [-0.05, 0) is 18.7 Å². The van der Waals surface area contributed by atoms with Gasteiger partial charge in [0.25, 0.3) is 0 Å². The third-order valence-corrected chi connectivity index (χ3v) is 3.88. The molecule has 1 heterocycles. The quantitative estimate of drug-likeness (QED) is 0.894. The number of carbonyl (C=O) groups excluding carboxylic acids is 1. The van der Waals surface area contributed by atoms with Crippen molar-refractivity contribution in [1.29, 1.82) is 0 Å². The smallest absolute Gasteiger partial charge is 0.405 e. The fourth-order valence-corrected chi connectivity index (χ4v) is 2.56. The Labute approximate surface area is 132 Å². The first-order chi connectivity index (χ1) is 10.8. The first-order valence-electron chi connectivity index (χ1n) is 7.41. The summed E-state index contributed by atoms with van der Waals surface area (Å²) in [6.07, 6.45) is -4.81. The van der Waals surface area contributed by atoms with E-state index in [1.165, 1.54) is 12.1 Å². The molecule has 1 saturated heterocycles. The zero-order chi connectivity index (χ0) is 17.0. The van der Waals surface area contributed by atoms with Crippen molar-refractivity contribution in [2.24, 2.45) is 5.73 Å². The van der Waals surface area contributed by atoms with Crippen molar-refractivity contribution < 1.29 is 22.7 Å². The molecule has 8 heteroatoms. The number of ether oxygens (including phenoxy) is 1. The zero-order valence-electron chi connectivity index (χ0n) is 12.9. The summed E-state index contributed by atoms with van der Waals surface area (Å²) in [4.78, 5) is 15.5. The van der Waals surface area contributed by atoms with Crippen LogP contribution >= 0.6 is 0 Å². The normalized spacial score (nSPS) is 17.2. The number of halogens is 3. The van der Waals surface area contributed by atoms with Gasteiger partial charge in [0, 0.05) is 43.9 Å². The van der Waals surface area contributed by atoms with Gasteiger partial charge in [-0.25, -0.2) is 0 Å². The molecule has 0 saturated carbocycles. The van der Waals surface area contributed by atoms with Crippen molar-refractivity contribution in [3.8, 4) is 5.75 Å². The van der Waals surface area contributed by atoms with Crippen molar-refractivity contribution in [2.75, 3.05) is 32.7 Å². The molecule has 128 valence electrons. The van der Waals surface area contributed by atoms with Gasteiger partial charge in [0.05, 0.1) is 0 Å². The van der Waals surface area contributed by atoms with E-state index in [2.05, 4.69) is 21.5 Å². The average Bonchev–Trinajstić information content (AvgIpc) is 2.48. The van der Waals surface area contributed by atoms with Gasteiger partial charge in [0.15, 0.2) is 0 Å². The van der Waals surface area contributed by atoms with Crippen LogP contribution in [0, 0.1) is 0 Å². The molecule has 1 fully saturated rings. The lowest BCUT2D eigenvalue weighted by molar-refractivity contribution is -0.275. The molecule has 1 amide bonds. The fraction of sp³-hybridized carbons (Fsp3) is 0.533. The van der Waals surface area contributed by atoms with Crippen molar-refractivity contribution in [3.05, 3.63) is 29.3 Å². The molecule has 0 aliphatic carbocycles. The topological polar surface area (TPSA) is 58.8 Å². The minimum absolute atomic E-state index is 0.0104. The van der Waals surface area contributed by atoms with Crippen LogP contribution in [0.25, 0.3) is 0 Å². The number of rotatable bonds is 5. The van der Waals surface area contributed by atoms with Crippen LogP contribution in [0.5, 0.6) is 5.75 Å². The molecule has 1 aromatic rings. The molecule has 1 aliphatic rings. The van der Waals surface area contributed by atoms with E-state index in [0.29, 0.717) is 12.1 Å². The summed E-state index contributed by atoms with van der Waals surface area (Å²) in [5, 5.41) is 0. The third kappa shape index (κ3) is 5.11. The molecule has 0 radical (unpaired) electrons. The number of benzene rings is 1. The van der Waals surface area contributed by atoms with Crippen molar-refractivity contribution in [1.82, 2.24) is 9.80 Å². The largest absolute Gasteiger partial charge is 0.573 e. The number of hydrogen-bond acceptors (Lipinski definition) is 4. The molecule has 2 rings (SSSR count).